The fourth-order valence-electron chi connectivity index (χ4n) is 2.77. The summed E-state index contributed by atoms with van der Waals surface area (Å²) in [6, 6.07) is 9.88. The van der Waals surface area contributed by atoms with E-state index in [0.29, 0.717) is 10.0 Å². The van der Waals surface area contributed by atoms with Crippen LogP contribution in [0, 0.1) is 0 Å². The lowest BCUT2D eigenvalue weighted by Gasteiger charge is -2.22. The van der Waals surface area contributed by atoms with Crippen LogP contribution in [0.2, 0.25) is 10.0 Å². The van der Waals surface area contributed by atoms with Crippen molar-refractivity contribution in [2.75, 3.05) is 0 Å². The number of aromatic nitrogens is 3. The van der Waals surface area contributed by atoms with Gasteiger partial charge in [-0.25, -0.2) is 4.98 Å². The van der Waals surface area contributed by atoms with Crippen LogP contribution in [0.5, 0.6) is 0 Å². The fourth-order valence-corrected chi connectivity index (χ4v) is 3.31. The third-order valence-corrected chi connectivity index (χ3v) is 4.07. The second-order valence-electron chi connectivity index (χ2n) is 5.24. The molecule has 0 aliphatic heterocycles. The summed E-state index contributed by atoms with van der Waals surface area (Å²) in [6.07, 6.45) is 8.75. The highest BCUT2D eigenvalue weighted by molar-refractivity contribution is 6.34. The van der Waals surface area contributed by atoms with Gasteiger partial charge in [-0.2, -0.15) is 0 Å². The number of nitrogens with zero attached hydrogens (tertiary/aromatic N) is 3. The number of rotatable bonds is 5. The molecule has 3 aromatic rings. The molecule has 0 N–H and O–H groups in total. The predicted molar refractivity (Wildman–Crippen MR) is 90.7 cm³/mol. The van der Waals surface area contributed by atoms with Crippen LogP contribution in [0.25, 0.3) is 0 Å². The quantitative estimate of drug-likeness (QED) is 0.641. The molecule has 22 heavy (non-hydrogen) atoms. The van der Waals surface area contributed by atoms with E-state index in [1.807, 2.05) is 24.7 Å². The van der Waals surface area contributed by atoms with Crippen LogP contribution in [-0.4, -0.2) is 14.1 Å². The van der Waals surface area contributed by atoms with Gasteiger partial charge in [-0.3, -0.25) is 0 Å². The Kier molecular flexibility index (Phi) is 4.55. The molecule has 3 rings (SSSR count). The molecule has 2 aromatic heterocycles. The largest absolute Gasteiger partial charge is 0.349 e. The van der Waals surface area contributed by atoms with Crippen LogP contribution in [0.4, 0.5) is 0 Å². The van der Waals surface area contributed by atoms with Crippen LogP contribution in [0.1, 0.15) is 30.6 Å². The molecule has 0 radical (unpaired) electrons. The molecule has 0 spiro atoms. The number of halogens is 2. The number of imidazole rings is 1. The minimum absolute atomic E-state index is 0.000231. The van der Waals surface area contributed by atoms with Crippen LogP contribution in [-0.2, 0) is 6.54 Å². The number of aryl methyl sites for hydroxylation is 1. The van der Waals surface area contributed by atoms with Crippen molar-refractivity contribution in [3.63, 3.8) is 0 Å². The average Bonchev–Trinajstić information content (AvgIpc) is 3.12. The molecule has 2 heterocycles. The van der Waals surface area contributed by atoms with Gasteiger partial charge >= 0.3 is 0 Å². The zero-order valence-corrected chi connectivity index (χ0v) is 13.8. The molecule has 0 bridgehead atoms. The van der Waals surface area contributed by atoms with Crippen molar-refractivity contribution in [1.82, 2.24) is 14.1 Å². The van der Waals surface area contributed by atoms with E-state index in [2.05, 4.69) is 39.4 Å². The third kappa shape index (κ3) is 3.06. The normalized spacial score (nSPS) is 12.5. The summed E-state index contributed by atoms with van der Waals surface area (Å²) < 4.78 is 4.34. The van der Waals surface area contributed by atoms with Crippen LogP contribution < -0.4 is 0 Å². The maximum Gasteiger partial charge on any atom is 0.0999 e. The van der Waals surface area contributed by atoms with Gasteiger partial charge < -0.3 is 9.13 Å². The molecule has 0 saturated heterocycles. The first kappa shape index (κ1) is 15.2. The Labute approximate surface area is 140 Å². The van der Waals surface area contributed by atoms with Gasteiger partial charge in [0.2, 0.25) is 0 Å². The number of hydrogen-bond acceptors (Lipinski definition) is 1. The minimum Gasteiger partial charge on any atom is -0.349 e. The molecular weight excluding hydrogens is 317 g/mol. The number of benzene rings is 1. The average molecular weight is 334 g/mol. The van der Waals surface area contributed by atoms with Crippen LogP contribution in [0.15, 0.2) is 55.2 Å². The second kappa shape index (κ2) is 6.59. The standard InChI is InChI=1S/C17H17Cl2N3/c1-2-6-21-7-3-4-16(21)17(22-8-5-20-12-22)13-9-14(18)11-15(19)10-13/h3-5,7-12,17H,2,6H2,1H3. The van der Waals surface area contributed by atoms with E-state index >= 15 is 0 Å². The van der Waals surface area contributed by atoms with Crippen molar-refractivity contribution in [2.45, 2.75) is 25.9 Å². The molecular formula is C17H17Cl2N3. The summed E-state index contributed by atoms with van der Waals surface area (Å²) in [5.41, 5.74) is 2.24. The molecule has 5 heteroatoms. The van der Waals surface area contributed by atoms with Gasteiger partial charge in [-0.15, -0.1) is 0 Å². The summed E-state index contributed by atoms with van der Waals surface area (Å²) in [4.78, 5) is 4.19. The predicted octanol–water partition coefficient (Wildman–Crippen LogP) is 5.04. The zero-order valence-electron chi connectivity index (χ0n) is 12.3. The Morgan fingerprint density at radius 1 is 1.14 bits per heavy atom. The van der Waals surface area contributed by atoms with Gasteiger partial charge in [0.15, 0.2) is 0 Å². The molecule has 1 atom stereocenters. The maximum atomic E-state index is 6.20. The highest BCUT2D eigenvalue weighted by Gasteiger charge is 2.20. The summed E-state index contributed by atoms with van der Waals surface area (Å²) in [5, 5.41) is 1.28. The van der Waals surface area contributed by atoms with Crippen LogP contribution >= 0.6 is 23.2 Å². The van der Waals surface area contributed by atoms with Crippen molar-refractivity contribution in [3.05, 3.63) is 76.6 Å². The highest BCUT2D eigenvalue weighted by Crippen LogP contribution is 2.31. The van der Waals surface area contributed by atoms with Crippen molar-refractivity contribution in [2.24, 2.45) is 0 Å². The van der Waals surface area contributed by atoms with Crippen molar-refractivity contribution in [1.29, 1.82) is 0 Å². The van der Waals surface area contributed by atoms with Gasteiger partial charge in [0.25, 0.3) is 0 Å². The van der Waals surface area contributed by atoms with E-state index in [4.69, 9.17) is 23.2 Å². The zero-order chi connectivity index (χ0) is 15.5. The molecule has 1 unspecified atom stereocenters. The van der Waals surface area contributed by atoms with Gasteiger partial charge in [0, 0.05) is 40.9 Å². The SMILES string of the molecule is CCCn1cccc1C(c1cc(Cl)cc(Cl)c1)n1ccnc1. The van der Waals surface area contributed by atoms with Crippen molar-refractivity contribution in [3.8, 4) is 0 Å². The first-order valence-electron chi connectivity index (χ1n) is 7.27. The van der Waals surface area contributed by atoms with E-state index in [0.717, 1.165) is 18.5 Å². The Hall–Kier alpha value is -1.71. The maximum absolute atomic E-state index is 6.20. The molecule has 0 aliphatic rings. The lowest BCUT2D eigenvalue weighted by Crippen LogP contribution is -2.15. The molecule has 0 saturated carbocycles. The monoisotopic (exact) mass is 333 g/mol. The van der Waals surface area contributed by atoms with Gasteiger partial charge in [0.05, 0.1) is 12.4 Å². The lowest BCUT2D eigenvalue weighted by molar-refractivity contribution is 0.578. The smallest absolute Gasteiger partial charge is 0.0999 e. The molecule has 1 aromatic carbocycles. The lowest BCUT2D eigenvalue weighted by atomic mass is 10.0. The summed E-state index contributed by atoms with van der Waals surface area (Å²) >= 11 is 12.4. The van der Waals surface area contributed by atoms with Gasteiger partial charge in [-0.05, 0) is 42.3 Å². The number of hydrogen-bond donors (Lipinski definition) is 0. The first-order chi connectivity index (χ1) is 10.7. The van der Waals surface area contributed by atoms with Crippen molar-refractivity contribution < 1.29 is 0 Å². The minimum atomic E-state index is 0.000231. The van der Waals surface area contributed by atoms with Gasteiger partial charge in [0.1, 0.15) is 0 Å². The molecule has 3 nitrogen and oxygen atoms in total. The summed E-state index contributed by atoms with van der Waals surface area (Å²) in [7, 11) is 0. The van der Waals surface area contributed by atoms with E-state index in [1.54, 1.807) is 12.3 Å². The topological polar surface area (TPSA) is 22.8 Å². The summed E-state index contributed by atoms with van der Waals surface area (Å²) in [5.74, 6) is 0. The van der Waals surface area contributed by atoms with E-state index in [1.165, 1.54) is 5.69 Å². The van der Waals surface area contributed by atoms with E-state index in [9.17, 15) is 0 Å². The highest BCUT2D eigenvalue weighted by atomic mass is 35.5. The first-order valence-corrected chi connectivity index (χ1v) is 8.03. The Morgan fingerprint density at radius 3 is 2.55 bits per heavy atom. The van der Waals surface area contributed by atoms with E-state index < -0.39 is 0 Å². The molecule has 0 fully saturated rings. The van der Waals surface area contributed by atoms with E-state index in [-0.39, 0.29) is 6.04 Å². The molecule has 0 amide bonds. The fraction of sp³-hybridized carbons (Fsp3) is 0.235. The third-order valence-electron chi connectivity index (χ3n) is 3.63. The molecule has 0 aliphatic carbocycles. The Bertz CT molecular complexity index is 727. The second-order valence-corrected chi connectivity index (χ2v) is 6.11. The Balaban J connectivity index is 2.14. The summed E-state index contributed by atoms with van der Waals surface area (Å²) in [6.45, 7) is 3.15. The van der Waals surface area contributed by atoms with Crippen molar-refractivity contribution >= 4 is 23.2 Å². The van der Waals surface area contributed by atoms with Gasteiger partial charge in [-0.1, -0.05) is 30.1 Å². The van der Waals surface area contributed by atoms with Crippen LogP contribution in [0.3, 0.4) is 0 Å². The Morgan fingerprint density at radius 2 is 1.91 bits per heavy atom. The molecule has 114 valence electrons.